The van der Waals surface area contributed by atoms with Gasteiger partial charge in [0, 0.05) is 32.7 Å². The highest BCUT2D eigenvalue weighted by atomic mass is 16.5. The summed E-state index contributed by atoms with van der Waals surface area (Å²) in [6.07, 6.45) is 0. The Morgan fingerprint density at radius 2 is 0.822 bits per heavy atom. The van der Waals surface area contributed by atoms with E-state index in [2.05, 4.69) is 161 Å². The van der Waals surface area contributed by atoms with Gasteiger partial charge in [0.2, 0.25) is 0 Å². The lowest BCUT2D eigenvalue weighted by Gasteiger charge is -2.24. The average Bonchev–Trinajstić information content (AvgIpc) is 3.63. The summed E-state index contributed by atoms with van der Waals surface area (Å²) >= 11 is 0. The van der Waals surface area contributed by atoms with Gasteiger partial charge in [-0.1, -0.05) is 115 Å². The zero-order valence-corrected chi connectivity index (χ0v) is 24.3. The van der Waals surface area contributed by atoms with Crippen molar-refractivity contribution in [2.24, 2.45) is 0 Å². The van der Waals surface area contributed by atoms with Crippen molar-refractivity contribution >= 4 is 43.6 Å². The molecule has 210 valence electrons. The Morgan fingerprint density at radius 1 is 0.333 bits per heavy atom. The van der Waals surface area contributed by atoms with Crippen molar-refractivity contribution in [1.29, 1.82) is 0 Å². The highest BCUT2D eigenvalue weighted by Gasteiger charge is 2.27. The molecule has 9 aromatic rings. The van der Waals surface area contributed by atoms with Gasteiger partial charge in [0.05, 0.1) is 33.4 Å². The van der Waals surface area contributed by atoms with Crippen LogP contribution in [0.4, 0.5) is 0 Å². The Balaban J connectivity index is 1.27. The Kier molecular flexibility index (Phi) is 5.00. The average molecular weight is 575 g/mol. The van der Waals surface area contributed by atoms with E-state index in [1.807, 2.05) is 6.07 Å². The molecule has 0 fully saturated rings. The van der Waals surface area contributed by atoms with Crippen LogP contribution < -0.4 is 4.74 Å². The number of rotatable bonds is 3. The van der Waals surface area contributed by atoms with Crippen LogP contribution in [0.5, 0.6) is 11.5 Å². The second-order valence-electron chi connectivity index (χ2n) is 11.7. The number of hydrogen-bond donors (Lipinski definition) is 0. The van der Waals surface area contributed by atoms with Gasteiger partial charge in [0.25, 0.3) is 0 Å². The lowest BCUT2D eigenvalue weighted by molar-refractivity contribution is 0.478. The summed E-state index contributed by atoms with van der Waals surface area (Å²) in [4.78, 5) is 0. The lowest BCUT2D eigenvalue weighted by atomic mass is 9.92. The minimum Gasteiger partial charge on any atom is -0.452 e. The third kappa shape index (κ3) is 3.35. The number of nitrogens with zero attached hydrogens (tertiary/aromatic N) is 2. The molecule has 3 heteroatoms. The first-order chi connectivity index (χ1) is 22.4. The van der Waals surface area contributed by atoms with Gasteiger partial charge in [-0.2, -0.15) is 0 Å². The maximum absolute atomic E-state index is 6.85. The van der Waals surface area contributed by atoms with Crippen molar-refractivity contribution in [2.75, 3.05) is 0 Å². The Bertz CT molecular complexity index is 2580. The van der Waals surface area contributed by atoms with E-state index >= 15 is 0 Å². The molecule has 1 aliphatic rings. The molecule has 0 N–H and O–H groups in total. The molecule has 0 aliphatic carbocycles. The third-order valence-corrected chi connectivity index (χ3v) is 9.34. The summed E-state index contributed by atoms with van der Waals surface area (Å²) in [5, 5.41) is 4.93. The molecule has 0 spiro atoms. The van der Waals surface area contributed by atoms with Gasteiger partial charge in [-0.25, -0.2) is 0 Å². The predicted molar refractivity (Wildman–Crippen MR) is 186 cm³/mol. The van der Waals surface area contributed by atoms with Crippen LogP contribution in [-0.4, -0.2) is 9.13 Å². The molecule has 0 radical (unpaired) electrons. The van der Waals surface area contributed by atoms with Gasteiger partial charge in [0.1, 0.15) is 0 Å². The Morgan fingerprint density at radius 3 is 1.51 bits per heavy atom. The van der Waals surface area contributed by atoms with Crippen LogP contribution in [0.3, 0.4) is 0 Å². The highest BCUT2D eigenvalue weighted by molar-refractivity contribution is 6.14. The minimum absolute atomic E-state index is 0.864. The van der Waals surface area contributed by atoms with E-state index in [4.69, 9.17) is 4.74 Å². The van der Waals surface area contributed by atoms with Crippen molar-refractivity contribution in [2.45, 2.75) is 0 Å². The second-order valence-corrected chi connectivity index (χ2v) is 11.7. The molecule has 3 heterocycles. The number of aromatic nitrogens is 2. The van der Waals surface area contributed by atoms with Gasteiger partial charge in [-0.3, -0.25) is 0 Å². The molecule has 0 amide bonds. The number of benzene rings is 7. The number of ether oxygens (including phenoxy) is 1. The zero-order chi connectivity index (χ0) is 29.5. The van der Waals surface area contributed by atoms with Crippen LogP contribution in [0.2, 0.25) is 0 Å². The van der Waals surface area contributed by atoms with Crippen LogP contribution in [0.15, 0.2) is 158 Å². The van der Waals surface area contributed by atoms with Crippen LogP contribution >= 0.6 is 0 Å². The molecular formula is C42H26N2O. The van der Waals surface area contributed by atoms with E-state index in [1.54, 1.807) is 0 Å². The van der Waals surface area contributed by atoms with E-state index in [-0.39, 0.29) is 0 Å². The first-order valence-corrected chi connectivity index (χ1v) is 15.4. The van der Waals surface area contributed by atoms with Gasteiger partial charge in [0.15, 0.2) is 11.5 Å². The molecule has 0 atom stereocenters. The SMILES string of the molecule is c1ccc2c(c1)Oc1c(-c3ccccc3-c3ccccc3-n3c4ccccc4c4ccccc43)ccc3c4ccccc4n-2c13. The van der Waals surface area contributed by atoms with Crippen molar-refractivity contribution in [1.82, 2.24) is 9.13 Å². The second kappa shape index (κ2) is 9.22. The summed E-state index contributed by atoms with van der Waals surface area (Å²) in [7, 11) is 0. The smallest absolute Gasteiger partial charge is 0.160 e. The standard InChI is InChI=1S/C42H26N2O/c1-2-14-28(34-26-25-33-32-18-6-10-22-38(32)44-39-23-11-12-24-40(39)45-42(34)41(33)44)27(13-1)29-15-3-7-19-35(29)43-36-20-8-4-16-30(36)31-17-5-9-21-37(31)43/h1-26H. The predicted octanol–water partition coefficient (Wildman–Crippen LogP) is 11.3. The van der Waals surface area contributed by atoms with Crippen LogP contribution in [0.1, 0.15) is 0 Å². The molecule has 45 heavy (non-hydrogen) atoms. The van der Waals surface area contributed by atoms with Crippen molar-refractivity contribution in [3.8, 4) is 45.1 Å². The molecular weight excluding hydrogens is 548 g/mol. The van der Waals surface area contributed by atoms with E-state index < -0.39 is 0 Å². The van der Waals surface area contributed by atoms with Crippen LogP contribution in [0, 0.1) is 0 Å². The Hall–Kier alpha value is -6.06. The number of hydrogen-bond acceptors (Lipinski definition) is 1. The van der Waals surface area contributed by atoms with Gasteiger partial charge < -0.3 is 13.9 Å². The summed E-state index contributed by atoms with van der Waals surface area (Å²) in [6, 6.07) is 56.4. The lowest BCUT2D eigenvalue weighted by Crippen LogP contribution is -2.05. The molecule has 0 unspecified atom stereocenters. The van der Waals surface area contributed by atoms with E-state index in [1.165, 1.54) is 43.7 Å². The number of fused-ring (bicyclic) bond motifs is 8. The van der Waals surface area contributed by atoms with Crippen LogP contribution in [-0.2, 0) is 0 Å². The zero-order valence-electron chi connectivity index (χ0n) is 24.3. The first-order valence-electron chi connectivity index (χ1n) is 15.4. The van der Waals surface area contributed by atoms with Crippen molar-refractivity contribution in [3.05, 3.63) is 158 Å². The molecule has 2 aromatic heterocycles. The molecule has 7 aromatic carbocycles. The molecule has 0 saturated heterocycles. The first kappa shape index (κ1) is 24.4. The molecule has 0 saturated carbocycles. The fraction of sp³-hybridized carbons (Fsp3) is 0. The fourth-order valence-electron chi connectivity index (χ4n) is 7.46. The summed E-state index contributed by atoms with van der Waals surface area (Å²) in [5.74, 6) is 1.76. The van der Waals surface area contributed by atoms with Gasteiger partial charge in [-0.05, 0) is 53.6 Å². The van der Waals surface area contributed by atoms with E-state index in [0.717, 1.165) is 45.1 Å². The van der Waals surface area contributed by atoms with Gasteiger partial charge in [-0.15, -0.1) is 0 Å². The molecule has 1 aliphatic heterocycles. The van der Waals surface area contributed by atoms with E-state index in [0.29, 0.717) is 0 Å². The summed E-state index contributed by atoms with van der Waals surface area (Å²) in [6.45, 7) is 0. The molecule has 0 bridgehead atoms. The monoisotopic (exact) mass is 574 g/mol. The third-order valence-electron chi connectivity index (χ3n) is 9.34. The quantitative estimate of drug-likeness (QED) is 0.205. The van der Waals surface area contributed by atoms with E-state index in [9.17, 15) is 0 Å². The molecule has 3 nitrogen and oxygen atoms in total. The highest BCUT2D eigenvalue weighted by Crippen LogP contribution is 2.51. The number of para-hydroxylation sites is 6. The largest absolute Gasteiger partial charge is 0.452 e. The van der Waals surface area contributed by atoms with Gasteiger partial charge >= 0.3 is 0 Å². The van der Waals surface area contributed by atoms with Crippen LogP contribution in [0.25, 0.3) is 77.2 Å². The fourth-order valence-corrected chi connectivity index (χ4v) is 7.46. The summed E-state index contributed by atoms with van der Waals surface area (Å²) < 4.78 is 11.6. The maximum atomic E-state index is 6.85. The molecule has 10 rings (SSSR count). The minimum atomic E-state index is 0.864. The summed E-state index contributed by atoms with van der Waals surface area (Å²) in [5.41, 5.74) is 11.5. The maximum Gasteiger partial charge on any atom is 0.160 e. The topological polar surface area (TPSA) is 19.1 Å². The Labute approximate surface area is 259 Å². The van der Waals surface area contributed by atoms with Crippen molar-refractivity contribution < 1.29 is 4.74 Å². The normalized spacial score (nSPS) is 12.2. The van der Waals surface area contributed by atoms with Crippen molar-refractivity contribution in [3.63, 3.8) is 0 Å².